The van der Waals surface area contributed by atoms with Gasteiger partial charge in [-0.15, -0.1) is 0 Å². The summed E-state index contributed by atoms with van der Waals surface area (Å²) in [7, 11) is 1.77. The van der Waals surface area contributed by atoms with Gasteiger partial charge < -0.3 is 10.5 Å². The van der Waals surface area contributed by atoms with Crippen LogP contribution in [0.25, 0.3) is 0 Å². The molecule has 1 fully saturated rings. The van der Waals surface area contributed by atoms with Crippen LogP contribution in [-0.4, -0.2) is 18.8 Å². The molecule has 0 aromatic rings. The fourth-order valence-corrected chi connectivity index (χ4v) is 2.36. The monoisotopic (exact) mass is 185 g/mol. The lowest BCUT2D eigenvalue weighted by Crippen LogP contribution is -2.50. The zero-order valence-corrected chi connectivity index (χ0v) is 9.18. The molecular weight excluding hydrogens is 162 g/mol. The van der Waals surface area contributed by atoms with Crippen LogP contribution in [0.15, 0.2) is 0 Å². The zero-order chi connectivity index (χ0) is 9.90. The maximum Gasteiger partial charge on any atom is 0.0560 e. The van der Waals surface area contributed by atoms with Crippen LogP contribution in [0.5, 0.6) is 0 Å². The van der Waals surface area contributed by atoms with Crippen molar-refractivity contribution in [3.8, 4) is 0 Å². The molecule has 2 nitrogen and oxygen atoms in total. The highest BCUT2D eigenvalue weighted by atomic mass is 16.5. The van der Waals surface area contributed by atoms with Crippen LogP contribution >= 0.6 is 0 Å². The molecule has 0 aromatic carbocycles. The van der Waals surface area contributed by atoms with Crippen molar-refractivity contribution in [3.63, 3.8) is 0 Å². The van der Waals surface area contributed by atoms with Crippen molar-refractivity contribution in [1.29, 1.82) is 0 Å². The van der Waals surface area contributed by atoms with Crippen molar-refractivity contribution < 1.29 is 4.74 Å². The molecule has 0 bridgehead atoms. The molecule has 0 aromatic heterocycles. The Labute approximate surface area is 81.8 Å². The predicted molar refractivity (Wildman–Crippen MR) is 55.6 cm³/mol. The molecule has 1 aliphatic carbocycles. The average molecular weight is 185 g/mol. The van der Waals surface area contributed by atoms with Crippen molar-refractivity contribution in [1.82, 2.24) is 0 Å². The lowest BCUT2D eigenvalue weighted by molar-refractivity contribution is 0.0614. The number of nitrogens with two attached hydrogens (primary N) is 1. The highest BCUT2D eigenvalue weighted by Crippen LogP contribution is 2.35. The topological polar surface area (TPSA) is 35.2 Å². The van der Waals surface area contributed by atoms with Gasteiger partial charge in [0.1, 0.15) is 0 Å². The molecule has 78 valence electrons. The van der Waals surface area contributed by atoms with Gasteiger partial charge in [0, 0.05) is 12.6 Å². The summed E-state index contributed by atoms with van der Waals surface area (Å²) in [6.07, 6.45) is 6.39. The number of ether oxygens (including phenoxy) is 1. The van der Waals surface area contributed by atoms with E-state index in [0.717, 1.165) is 6.42 Å². The maximum absolute atomic E-state index is 6.40. The molecular formula is C11H23NO. The Bertz CT molecular complexity index is 160. The molecule has 0 spiro atoms. The van der Waals surface area contributed by atoms with Gasteiger partial charge in [-0.05, 0) is 32.1 Å². The van der Waals surface area contributed by atoms with Crippen molar-refractivity contribution >= 4 is 0 Å². The van der Waals surface area contributed by atoms with Crippen LogP contribution in [0.1, 0.15) is 46.0 Å². The van der Waals surface area contributed by atoms with Crippen LogP contribution in [0.4, 0.5) is 0 Å². The minimum atomic E-state index is 0.0354. The van der Waals surface area contributed by atoms with E-state index in [9.17, 15) is 0 Å². The normalized spacial score (nSPS) is 37.4. The third-order valence-electron chi connectivity index (χ3n) is 3.58. The van der Waals surface area contributed by atoms with E-state index in [-0.39, 0.29) is 5.54 Å². The van der Waals surface area contributed by atoms with Crippen LogP contribution in [-0.2, 0) is 4.74 Å². The Balaban J connectivity index is 2.51. The van der Waals surface area contributed by atoms with E-state index in [4.69, 9.17) is 10.5 Å². The van der Waals surface area contributed by atoms with Crippen LogP contribution in [0.2, 0.25) is 0 Å². The summed E-state index contributed by atoms with van der Waals surface area (Å²) in [4.78, 5) is 0. The first kappa shape index (κ1) is 11.0. The van der Waals surface area contributed by atoms with Gasteiger partial charge in [0.2, 0.25) is 0 Å². The summed E-state index contributed by atoms with van der Waals surface area (Å²) in [6.45, 7) is 4.39. The van der Waals surface area contributed by atoms with Gasteiger partial charge in [0.15, 0.2) is 0 Å². The first-order valence-corrected chi connectivity index (χ1v) is 5.40. The minimum Gasteiger partial charge on any atom is -0.382 e. The average Bonchev–Trinajstić information content (AvgIpc) is 2.10. The van der Waals surface area contributed by atoms with Gasteiger partial charge >= 0.3 is 0 Å². The Morgan fingerprint density at radius 1 is 1.54 bits per heavy atom. The molecule has 3 atom stereocenters. The molecule has 1 aliphatic rings. The predicted octanol–water partition coefficient (Wildman–Crippen LogP) is 2.32. The zero-order valence-electron chi connectivity index (χ0n) is 9.18. The number of methoxy groups -OCH3 is 1. The molecule has 13 heavy (non-hydrogen) atoms. The van der Waals surface area contributed by atoms with Gasteiger partial charge in [-0.25, -0.2) is 0 Å². The Hall–Kier alpha value is -0.0800. The molecule has 1 rings (SSSR count). The van der Waals surface area contributed by atoms with E-state index in [1.807, 2.05) is 0 Å². The molecule has 2 heteroatoms. The Morgan fingerprint density at radius 2 is 2.23 bits per heavy atom. The van der Waals surface area contributed by atoms with Gasteiger partial charge in [-0.3, -0.25) is 0 Å². The van der Waals surface area contributed by atoms with E-state index in [0.29, 0.717) is 12.0 Å². The molecule has 0 amide bonds. The lowest BCUT2D eigenvalue weighted by atomic mass is 9.71. The SMILES string of the molecule is COC(C)CC1(N)CCCCC1C. The molecule has 1 saturated carbocycles. The number of hydrogen-bond donors (Lipinski definition) is 1. The molecule has 0 aliphatic heterocycles. The van der Waals surface area contributed by atoms with Gasteiger partial charge in [-0.2, -0.15) is 0 Å². The third-order valence-corrected chi connectivity index (χ3v) is 3.58. The van der Waals surface area contributed by atoms with E-state index in [1.165, 1.54) is 25.7 Å². The maximum atomic E-state index is 6.40. The molecule has 0 saturated heterocycles. The second-order valence-electron chi connectivity index (χ2n) is 4.63. The summed E-state index contributed by atoms with van der Waals surface area (Å²) >= 11 is 0. The van der Waals surface area contributed by atoms with Crippen molar-refractivity contribution in [3.05, 3.63) is 0 Å². The van der Waals surface area contributed by atoms with Crippen LogP contribution in [0, 0.1) is 5.92 Å². The minimum absolute atomic E-state index is 0.0354. The first-order valence-electron chi connectivity index (χ1n) is 5.40. The lowest BCUT2D eigenvalue weighted by Gasteiger charge is -2.41. The summed E-state index contributed by atoms with van der Waals surface area (Å²) < 4.78 is 5.29. The van der Waals surface area contributed by atoms with E-state index in [1.54, 1.807) is 7.11 Å². The molecule has 3 unspecified atom stereocenters. The van der Waals surface area contributed by atoms with E-state index < -0.39 is 0 Å². The number of hydrogen-bond acceptors (Lipinski definition) is 2. The summed E-state index contributed by atoms with van der Waals surface area (Å²) in [5.41, 5.74) is 6.43. The number of rotatable bonds is 3. The Kier molecular flexibility index (Phi) is 3.74. The Morgan fingerprint density at radius 3 is 2.77 bits per heavy atom. The molecule has 0 heterocycles. The smallest absolute Gasteiger partial charge is 0.0560 e. The second kappa shape index (κ2) is 4.43. The quantitative estimate of drug-likeness (QED) is 0.732. The van der Waals surface area contributed by atoms with Gasteiger partial charge in [0.05, 0.1) is 6.10 Å². The highest BCUT2D eigenvalue weighted by molar-refractivity contribution is 4.93. The third kappa shape index (κ3) is 2.68. The summed E-state index contributed by atoms with van der Waals surface area (Å²) in [5.74, 6) is 0.652. The van der Waals surface area contributed by atoms with Gasteiger partial charge in [-0.1, -0.05) is 19.8 Å². The van der Waals surface area contributed by atoms with Crippen molar-refractivity contribution in [2.24, 2.45) is 11.7 Å². The van der Waals surface area contributed by atoms with Crippen LogP contribution in [0.3, 0.4) is 0 Å². The fraction of sp³-hybridized carbons (Fsp3) is 1.00. The van der Waals surface area contributed by atoms with E-state index in [2.05, 4.69) is 13.8 Å². The van der Waals surface area contributed by atoms with Gasteiger partial charge in [0.25, 0.3) is 0 Å². The second-order valence-corrected chi connectivity index (χ2v) is 4.63. The fourth-order valence-electron chi connectivity index (χ4n) is 2.36. The summed E-state index contributed by atoms with van der Waals surface area (Å²) in [6, 6.07) is 0. The van der Waals surface area contributed by atoms with Crippen molar-refractivity contribution in [2.75, 3.05) is 7.11 Å². The highest BCUT2D eigenvalue weighted by Gasteiger charge is 2.35. The molecule has 0 radical (unpaired) electrons. The van der Waals surface area contributed by atoms with Crippen molar-refractivity contribution in [2.45, 2.75) is 57.6 Å². The van der Waals surface area contributed by atoms with Crippen LogP contribution < -0.4 is 5.73 Å². The first-order chi connectivity index (χ1) is 6.08. The largest absolute Gasteiger partial charge is 0.382 e. The molecule has 2 N–H and O–H groups in total. The standard InChI is InChI=1S/C11H23NO/c1-9-6-4-5-7-11(9,12)8-10(2)13-3/h9-10H,4-8,12H2,1-3H3. The summed E-state index contributed by atoms with van der Waals surface area (Å²) in [5, 5.41) is 0. The van der Waals surface area contributed by atoms with E-state index >= 15 is 0 Å².